The van der Waals surface area contributed by atoms with E-state index < -0.39 is 6.10 Å². The lowest BCUT2D eigenvalue weighted by Gasteiger charge is -2.43. The third-order valence-electron chi connectivity index (χ3n) is 10.7. The van der Waals surface area contributed by atoms with Crippen molar-refractivity contribution >= 4 is 17.0 Å². The van der Waals surface area contributed by atoms with Gasteiger partial charge in [0.05, 0.1) is 24.3 Å². The van der Waals surface area contributed by atoms with Crippen molar-refractivity contribution in [1.82, 2.24) is 20.5 Å². The number of alkyl carbamates (subject to hydrolysis) is 1. The number of carbonyl (C=O) groups excluding carboxylic acids is 1. The number of nitrogens with one attached hydrogen (secondary N) is 3. The number of hydrogen-bond acceptors (Lipinski definition) is 8. The molecular weight excluding hydrogens is 656 g/mol. The molecule has 4 aromatic rings. The fourth-order valence-electron chi connectivity index (χ4n) is 7.69. The number of aryl methyl sites for hydroxylation is 1. The van der Waals surface area contributed by atoms with Crippen LogP contribution in [0, 0.1) is 12.8 Å². The van der Waals surface area contributed by atoms with E-state index in [0.29, 0.717) is 35.5 Å². The maximum absolute atomic E-state index is 13.2. The van der Waals surface area contributed by atoms with Crippen molar-refractivity contribution in [2.75, 3.05) is 39.3 Å². The van der Waals surface area contributed by atoms with Crippen LogP contribution in [0.4, 0.5) is 4.79 Å². The highest BCUT2D eigenvalue weighted by Crippen LogP contribution is 2.32. The summed E-state index contributed by atoms with van der Waals surface area (Å²) in [5, 5.41) is 28.0. The number of nitrogens with zero attached hydrogens (tertiary/aromatic N) is 1. The number of aromatic hydroxyl groups is 1. The first-order chi connectivity index (χ1) is 25.4. The van der Waals surface area contributed by atoms with Crippen molar-refractivity contribution in [3.05, 3.63) is 105 Å². The smallest absolute Gasteiger partial charge is 0.408 e. The van der Waals surface area contributed by atoms with Crippen molar-refractivity contribution < 1.29 is 24.5 Å². The predicted molar refractivity (Wildman–Crippen MR) is 204 cm³/mol. The lowest BCUT2D eigenvalue weighted by atomic mass is 9.86. The third-order valence-corrected chi connectivity index (χ3v) is 10.7. The number of unbranched alkanes of at least 4 members (excludes halogenated alkanes) is 6. The van der Waals surface area contributed by atoms with Crippen LogP contribution < -0.4 is 20.9 Å². The molecule has 0 saturated carbocycles. The molecule has 1 aromatic heterocycles. The maximum Gasteiger partial charge on any atom is 0.408 e. The second-order valence-electron chi connectivity index (χ2n) is 14.4. The summed E-state index contributed by atoms with van der Waals surface area (Å²) >= 11 is 0. The quantitative estimate of drug-likeness (QED) is 0.0706. The number of rotatable bonds is 18. The van der Waals surface area contributed by atoms with E-state index in [4.69, 9.17) is 9.47 Å². The summed E-state index contributed by atoms with van der Waals surface area (Å²) in [5.74, 6) is 1.25. The number of hydrogen-bond donors (Lipinski definition) is 5. The predicted octanol–water partition coefficient (Wildman–Crippen LogP) is 6.88. The number of fused-ring (bicyclic) bond motifs is 4. The Morgan fingerprint density at radius 2 is 1.69 bits per heavy atom. The number of phenolic OH excluding ortho intramolecular Hbond substituents is 1. The molecule has 1 amide bonds. The Morgan fingerprint density at radius 1 is 0.923 bits per heavy atom. The van der Waals surface area contributed by atoms with Gasteiger partial charge in [0.15, 0.2) is 0 Å². The topological polar surface area (TPSA) is 136 Å². The average molecular weight is 711 g/mol. The Morgan fingerprint density at radius 3 is 2.46 bits per heavy atom. The van der Waals surface area contributed by atoms with Gasteiger partial charge in [0, 0.05) is 24.5 Å². The Hall–Kier alpha value is -4.38. The SMILES string of the molecule is Cc1ccccc1C(NC(=O)O[C@H]1CN2CCC1CC2)c1cccc(OCCCCCCCCCNC[C@@H](O)c2ccc(O)c3[nH]c(=O)ccc23)c1. The summed E-state index contributed by atoms with van der Waals surface area (Å²) in [5.41, 5.74) is 3.85. The molecule has 3 fully saturated rings. The van der Waals surface area contributed by atoms with Crippen molar-refractivity contribution in [3.63, 3.8) is 0 Å². The first-order valence-corrected chi connectivity index (χ1v) is 19.1. The molecule has 10 nitrogen and oxygen atoms in total. The number of pyridine rings is 1. The number of phenols is 1. The van der Waals surface area contributed by atoms with Gasteiger partial charge in [-0.3, -0.25) is 9.69 Å². The van der Waals surface area contributed by atoms with Crippen molar-refractivity contribution in [1.29, 1.82) is 0 Å². The maximum atomic E-state index is 13.2. The van der Waals surface area contributed by atoms with Crippen LogP contribution in [0.3, 0.4) is 0 Å². The summed E-state index contributed by atoms with van der Waals surface area (Å²) in [6.07, 6.45) is 8.78. The lowest BCUT2D eigenvalue weighted by Crippen LogP contribution is -2.52. The first kappa shape index (κ1) is 37.4. The van der Waals surface area contributed by atoms with E-state index in [1.165, 1.54) is 25.0 Å². The van der Waals surface area contributed by atoms with Crippen LogP contribution in [0.1, 0.15) is 92.2 Å². The van der Waals surface area contributed by atoms with E-state index >= 15 is 0 Å². The summed E-state index contributed by atoms with van der Waals surface area (Å²) in [4.78, 5) is 29.9. The van der Waals surface area contributed by atoms with E-state index in [1.54, 1.807) is 12.1 Å². The van der Waals surface area contributed by atoms with Gasteiger partial charge in [0.25, 0.3) is 0 Å². The number of aliphatic hydroxyl groups is 1. The Bertz CT molecular complexity index is 1820. The standard InChI is InChI=1S/C42H54N4O6/c1-29-12-7-8-15-33(29)40(45-42(50)52-38-28-46-23-20-30(38)21-24-46)31-13-11-14-32(26-31)51-25-10-6-4-2-3-5-9-22-43-27-37(48)34-16-18-36(47)41-35(34)17-19-39(49)44-41/h7-8,11-19,26,30,37-38,40,43,47-48H,2-6,9-10,20-25,27-28H2,1H3,(H,44,49)(H,45,50)/t37-,38+,40?/m1/s1. The minimum atomic E-state index is -0.742. The van der Waals surface area contributed by atoms with Crippen molar-refractivity contribution in [3.8, 4) is 11.5 Å². The molecule has 3 atom stereocenters. The summed E-state index contributed by atoms with van der Waals surface area (Å²) in [6.45, 7) is 6.97. The molecule has 10 heteroatoms. The van der Waals surface area contributed by atoms with E-state index in [1.807, 2.05) is 36.4 Å². The van der Waals surface area contributed by atoms with E-state index in [0.717, 1.165) is 93.6 Å². The minimum Gasteiger partial charge on any atom is -0.506 e. The van der Waals surface area contributed by atoms with Gasteiger partial charge in [-0.1, -0.05) is 74.6 Å². The van der Waals surface area contributed by atoms with E-state index in [9.17, 15) is 19.8 Å². The molecule has 3 saturated heterocycles. The van der Waals surface area contributed by atoms with Gasteiger partial charge in [-0.05, 0) is 105 Å². The van der Waals surface area contributed by atoms with Gasteiger partial charge in [-0.15, -0.1) is 0 Å². The van der Waals surface area contributed by atoms with Crippen LogP contribution in [0.15, 0.2) is 77.6 Å². The lowest BCUT2D eigenvalue weighted by molar-refractivity contribution is -0.0336. The molecule has 1 unspecified atom stereocenters. The van der Waals surface area contributed by atoms with Crippen LogP contribution >= 0.6 is 0 Å². The Balaban J connectivity index is 0.875. The molecular formula is C42H54N4O6. The van der Waals surface area contributed by atoms with Crippen LogP contribution in [-0.2, 0) is 4.74 Å². The summed E-state index contributed by atoms with van der Waals surface area (Å²) < 4.78 is 12.2. The molecule has 2 bridgehead atoms. The zero-order chi connectivity index (χ0) is 36.3. The Labute approximate surface area is 306 Å². The molecule has 278 valence electrons. The number of aliphatic hydroxyl groups excluding tert-OH is 1. The monoisotopic (exact) mass is 710 g/mol. The molecule has 5 N–H and O–H groups in total. The van der Waals surface area contributed by atoms with Crippen LogP contribution in [-0.4, -0.2) is 71.6 Å². The normalized spacial score (nSPS) is 19.3. The van der Waals surface area contributed by atoms with Gasteiger partial charge in [0.1, 0.15) is 17.6 Å². The first-order valence-electron chi connectivity index (χ1n) is 19.1. The fraction of sp³-hybridized carbons (Fsp3) is 0.476. The third kappa shape index (κ3) is 9.93. The van der Waals surface area contributed by atoms with Gasteiger partial charge in [0.2, 0.25) is 5.56 Å². The van der Waals surface area contributed by atoms with E-state index in [-0.39, 0.29) is 29.5 Å². The largest absolute Gasteiger partial charge is 0.506 e. The molecule has 7 rings (SSSR count). The fourth-order valence-corrected chi connectivity index (χ4v) is 7.69. The Kier molecular flexibility index (Phi) is 13.2. The molecule has 3 aliphatic rings. The van der Waals surface area contributed by atoms with Crippen molar-refractivity contribution in [2.24, 2.45) is 5.92 Å². The van der Waals surface area contributed by atoms with Crippen LogP contribution in [0.5, 0.6) is 11.5 Å². The number of H-pyrrole nitrogens is 1. The van der Waals surface area contributed by atoms with Crippen molar-refractivity contribution in [2.45, 2.75) is 83.0 Å². The highest BCUT2D eigenvalue weighted by molar-refractivity contribution is 5.87. The zero-order valence-corrected chi connectivity index (χ0v) is 30.3. The summed E-state index contributed by atoms with van der Waals surface area (Å²) in [6, 6.07) is 22.1. The highest BCUT2D eigenvalue weighted by Gasteiger charge is 2.37. The minimum absolute atomic E-state index is 0.00884. The second kappa shape index (κ2) is 18.4. The second-order valence-corrected chi connectivity index (χ2v) is 14.4. The molecule has 4 heterocycles. The molecule has 0 spiro atoms. The number of benzene rings is 3. The number of aromatic nitrogens is 1. The number of piperidine rings is 3. The molecule has 0 radical (unpaired) electrons. The molecule has 3 aliphatic heterocycles. The van der Waals surface area contributed by atoms with Crippen LogP contribution in [0.25, 0.3) is 10.9 Å². The summed E-state index contributed by atoms with van der Waals surface area (Å²) in [7, 11) is 0. The number of carbonyl (C=O) groups is 1. The molecule has 0 aliphatic carbocycles. The van der Waals surface area contributed by atoms with Crippen LogP contribution in [0.2, 0.25) is 0 Å². The van der Waals surface area contributed by atoms with Gasteiger partial charge in [-0.2, -0.15) is 0 Å². The highest BCUT2D eigenvalue weighted by atomic mass is 16.6. The number of amides is 1. The zero-order valence-electron chi connectivity index (χ0n) is 30.3. The number of ether oxygens (including phenoxy) is 2. The van der Waals surface area contributed by atoms with Gasteiger partial charge in [-0.25, -0.2) is 4.79 Å². The molecule has 3 aromatic carbocycles. The molecule has 52 heavy (non-hydrogen) atoms. The average Bonchev–Trinajstić information content (AvgIpc) is 3.15. The van der Waals surface area contributed by atoms with Gasteiger partial charge < -0.3 is 35.3 Å². The van der Waals surface area contributed by atoms with Gasteiger partial charge >= 0.3 is 6.09 Å². The number of aromatic amines is 1. The van der Waals surface area contributed by atoms with E-state index in [2.05, 4.69) is 39.6 Å².